The molecule has 2 aromatic heterocycles. The van der Waals surface area contributed by atoms with Crippen LogP contribution in [0, 0.1) is 24.4 Å². The van der Waals surface area contributed by atoms with Gasteiger partial charge < -0.3 is 14.7 Å². The minimum Gasteiger partial charge on any atom is -0.477 e. The van der Waals surface area contributed by atoms with Crippen molar-refractivity contribution in [3.8, 4) is 16.9 Å². The topological polar surface area (TPSA) is 75.1 Å². The normalized spacial score (nSPS) is 11.4. The summed E-state index contributed by atoms with van der Waals surface area (Å²) < 4.78 is 44.7. The number of aryl methyl sites for hydroxylation is 1. The van der Waals surface area contributed by atoms with Gasteiger partial charge in [-0.05, 0) is 42.8 Å². The summed E-state index contributed by atoms with van der Waals surface area (Å²) in [5.74, 6) is -4.07. The highest BCUT2D eigenvalue weighted by Gasteiger charge is 2.23. The van der Waals surface area contributed by atoms with E-state index in [4.69, 9.17) is 0 Å². The third-order valence-corrected chi connectivity index (χ3v) is 5.68. The Bertz CT molecular complexity index is 1630. The number of H-pyrrole nitrogens is 1. The van der Waals surface area contributed by atoms with Gasteiger partial charge in [-0.3, -0.25) is 4.79 Å². The summed E-state index contributed by atoms with van der Waals surface area (Å²) in [6.45, 7) is 1.56. The molecular weight excluding hydrogens is 433 g/mol. The maximum absolute atomic E-state index is 15.3. The number of halogens is 3. The minimum absolute atomic E-state index is 0.116. The molecule has 0 saturated carbocycles. The van der Waals surface area contributed by atoms with Crippen molar-refractivity contribution in [2.75, 3.05) is 0 Å². The van der Waals surface area contributed by atoms with Crippen LogP contribution in [0.2, 0.25) is 0 Å². The first-order valence-electron chi connectivity index (χ1n) is 9.91. The smallest absolute Gasteiger partial charge is 0.341 e. The summed E-state index contributed by atoms with van der Waals surface area (Å²) >= 11 is 0. The number of fused-ring (bicyclic) bond motifs is 2. The fourth-order valence-corrected chi connectivity index (χ4v) is 4.21. The van der Waals surface area contributed by atoms with Crippen molar-refractivity contribution in [3.63, 3.8) is 0 Å². The Kier molecular flexibility index (Phi) is 4.59. The molecule has 0 aliphatic carbocycles. The van der Waals surface area contributed by atoms with Gasteiger partial charge in [0.15, 0.2) is 0 Å². The number of nitrogens with zero attached hydrogens (tertiary/aromatic N) is 1. The summed E-state index contributed by atoms with van der Waals surface area (Å²) in [5.41, 5.74) is 0.0203. The van der Waals surface area contributed by atoms with E-state index in [1.165, 1.54) is 0 Å². The van der Waals surface area contributed by atoms with Crippen molar-refractivity contribution in [1.82, 2.24) is 9.55 Å². The molecule has 164 valence electrons. The van der Waals surface area contributed by atoms with Crippen molar-refractivity contribution in [3.05, 3.63) is 99.6 Å². The average molecular weight is 448 g/mol. The first-order valence-corrected chi connectivity index (χ1v) is 9.91. The first kappa shape index (κ1) is 20.6. The van der Waals surface area contributed by atoms with Gasteiger partial charge in [0.1, 0.15) is 23.0 Å². The van der Waals surface area contributed by atoms with Crippen molar-refractivity contribution in [1.29, 1.82) is 0 Å². The van der Waals surface area contributed by atoms with Crippen molar-refractivity contribution >= 4 is 27.8 Å². The number of carboxylic acids is 1. The monoisotopic (exact) mass is 448 g/mol. The zero-order valence-corrected chi connectivity index (χ0v) is 17.1. The minimum atomic E-state index is -1.55. The van der Waals surface area contributed by atoms with Crippen LogP contribution in [0.25, 0.3) is 38.8 Å². The number of nitrogens with one attached hydrogen (secondary N) is 1. The number of pyridine rings is 1. The number of para-hydroxylation sites is 1. The summed E-state index contributed by atoms with van der Waals surface area (Å²) in [5, 5.41) is 10.1. The van der Waals surface area contributed by atoms with E-state index < -0.39 is 34.4 Å². The van der Waals surface area contributed by atoms with Crippen molar-refractivity contribution in [2.24, 2.45) is 0 Å². The number of aromatic nitrogens is 2. The molecule has 5 aromatic rings. The van der Waals surface area contributed by atoms with Gasteiger partial charge in [-0.15, -0.1) is 0 Å². The molecule has 5 nitrogen and oxygen atoms in total. The van der Waals surface area contributed by atoms with Gasteiger partial charge in [-0.25, -0.2) is 18.0 Å². The summed E-state index contributed by atoms with van der Waals surface area (Å²) in [4.78, 5) is 27.7. The zero-order chi connectivity index (χ0) is 23.4. The average Bonchev–Trinajstić information content (AvgIpc) is 3.18. The molecule has 0 radical (unpaired) electrons. The lowest BCUT2D eigenvalue weighted by molar-refractivity contribution is 0.0695. The standard InChI is InChI=1S/C25H15F3N2O3/c1-12-22(20-8-13-4-2-3-5-19(13)29-20)18(28)10-15-23(12)30(11-16(24(15)31)25(32)33)21-7-6-14(26)9-17(21)27/h2-11,29H,1H3,(H,32,33). The van der Waals surface area contributed by atoms with E-state index >= 15 is 4.39 Å². The van der Waals surface area contributed by atoms with Crippen molar-refractivity contribution < 1.29 is 23.1 Å². The van der Waals surface area contributed by atoms with E-state index in [1.54, 1.807) is 13.0 Å². The van der Waals surface area contributed by atoms with Gasteiger partial charge in [0.2, 0.25) is 5.43 Å². The maximum Gasteiger partial charge on any atom is 0.341 e. The van der Waals surface area contributed by atoms with Crippen LogP contribution in [0.4, 0.5) is 13.2 Å². The number of carbonyl (C=O) groups is 1. The van der Waals surface area contributed by atoms with Crippen LogP contribution in [-0.2, 0) is 0 Å². The van der Waals surface area contributed by atoms with Gasteiger partial charge in [-0.1, -0.05) is 18.2 Å². The second kappa shape index (κ2) is 7.37. The van der Waals surface area contributed by atoms with E-state index in [0.29, 0.717) is 11.8 Å². The molecule has 3 aromatic carbocycles. The van der Waals surface area contributed by atoms with Gasteiger partial charge in [0.05, 0.1) is 16.6 Å². The molecule has 0 aliphatic rings. The Labute approximate surface area is 184 Å². The Hall–Kier alpha value is -4.33. The molecule has 0 bridgehead atoms. The summed E-state index contributed by atoms with van der Waals surface area (Å²) in [7, 11) is 0. The molecule has 2 N–H and O–H groups in total. The molecule has 0 spiro atoms. The largest absolute Gasteiger partial charge is 0.477 e. The number of benzene rings is 3. The van der Waals surface area contributed by atoms with Crippen LogP contribution >= 0.6 is 0 Å². The molecular formula is C25H15F3N2O3. The van der Waals surface area contributed by atoms with Crippen LogP contribution in [0.15, 0.2) is 65.6 Å². The molecule has 5 rings (SSSR count). The van der Waals surface area contributed by atoms with Crippen molar-refractivity contribution in [2.45, 2.75) is 6.92 Å². The van der Waals surface area contributed by atoms with E-state index in [2.05, 4.69) is 4.98 Å². The molecule has 0 saturated heterocycles. The number of carboxylic acid groups (broad SMARTS) is 1. The van der Waals surface area contributed by atoms with E-state index in [1.807, 2.05) is 24.3 Å². The van der Waals surface area contributed by atoms with Gasteiger partial charge in [-0.2, -0.15) is 0 Å². The Morgan fingerprint density at radius 3 is 2.45 bits per heavy atom. The van der Waals surface area contributed by atoms with Crippen LogP contribution in [0.1, 0.15) is 15.9 Å². The van der Waals surface area contributed by atoms with E-state index in [9.17, 15) is 23.5 Å². The highest BCUT2D eigenvalue weighted by atomic mass is 19.1. The van der Waals surface area contributed by atoms with E-state index in [0.717, 1.165) is 39.9 Å². The molecule has 0 amide bonds. The van der Waals surface area contributed by atoms with Crippen LogP contribution in [-0.4, -0.2) is 20.6 Å². The van der Waals surface area contributed by atoms with Crippen LogP contribution < -0.4 is 5.43 Å². The molecule has 33 heavy (non-hydrogen) atoms. The lowest BCUT2D eigenvalue weighted by atomic mass is 9.98. The predicted octanol–water partition coefficient (Wildman–Crippen LogP) is 5.56. The highest BCUT2D eigenvalue weighted by molar-refractivity contribution is 5.97. The highest BCUT2D eigenvalue weighted by Crippen LogP contribution is 2.34. The Morgan fingerprint density at radius 1 is 1.00 bits per heavy atom. The molecule has 2 heterocycles. The molecule has 0 atom stereocenters. The number of aromatic carboxylic acids is 1. The number of aromatic amines is 1. The summed E-state index contributed by atoms with van der Waals surface area (Å²) in [6, 6.07) is 12.8. The molecule has 0 fully saturated rings. The van der Waals surface area contributed by atoms with Gasteiger partial charge in [0, 0.05) is 34.4 Å². The second-order valence-electron chi connectivity index (χ2n) is 7.67. The fourth-order valence-electron chi connectivity index (χ4n) is 4.21. The zero-order valence-electron chi connectivity index (χ0n) is 17.1. The van der Waals surface area contributed by atoms with Gasteiger partial charge in [0.25, 0.3) is 0 Å². The predicted molar refractivity (Wildman–Crippen MR) is 118 cm³/mol. The molecule has 0 aliphatic heterocycles. The summed E-state index contributed by atoms with van der Waals surface area (Å²) in [6.07, 6.45) is 0.975. The molecule has 0 unspecified atom stereocenters. The third kappa shape index (κ3) is 3.18. The Morgan fingerprint density at radius 2 is 1.76 bits per heavy atom. The quantitative estimate of drug-likeness (QED) is 0.379. The third-order valence-electron chi connectivity index (χ3n) is 5.68. The van der Waals surface area contributed by atoms with Crippen LogP contribution in [0.3, 0.4) is 0 Å². The molecule has 8 heteroatoms. The van der Waals surface area contributed by atoms with Crippen LogP contribution in [0.5, 0.6) is 0 Å². The lowest BCUT2D eigenvalue weighted by Gasteiger charge is -2.18. The van der Waals surface area contributed by atoms with Gasteiger partial charge >= 0.3 is 5.97 Å². The Balaban J connectivity index is 1.93. The number of hydrogen-bond donors (Lipinski definition) is 2. The van der Waals surface area contributed by atoms with E-state index in [-0.39, 0.29) is 27.7 Å². The lowest BCUT2D eigenvalue weighted by Crippen LogP contribution is -2.20. The number of rotatable bonds is 3. The second-order valence-corrected chi connectivity index (χ2v) is 7.67. The maximum atomic E-state index is 15.3. The first-order chi connectivity index (χ1) is 15.8. The fraction of sp³-hybridized carbons (Fsp3) is 0.0400. The number of hydrogen-bond acceptors (Lipinski definition) is 2. The SMILES string of the molecule is Cc1c(-c2cc3ccccc3[nH]2)c(F)cc2c(=O)c(C(=O)O)cn(-c3ccc(F)cc3F)c12.